The van der Waals surface area contributed by atoms with Crippen LogP contribution in [0.1, 0.15) is 32.6 Å². The molecule has 0 aliphatic carbocycles. The van der Waals surface area contributed by atoms with Crippen LogP contribution in [0.25, 0.3) is 0 Å². The van der Waals surface area contributed by atoms with E-state index in [4.69, 9.17) is 0 Å². The number of unbranched alkanes of at least 4 members (excludes halogenated alkanes) is 1. The first-order valence-electron chi connectivity index (χ1n) is 8.62. The molecule has 1 aliphatic rings. The van der Waals surface area contributed by atoms with Crippen LogP contribution in [0, 0.1) is 0 Å². The van der Waals surface area contributed by atoms with Gasteiger partial charge < -0.3 is 0 Å². The second-order valence-corrected chi connectivity index (χ2v) is 10.2. The fourth-order valence-corrected chi connectivity index (χ4v) is 6.17. The molecule has 4 nitrogen and oxygen atoms in total. The third-order valence-corrected chi connectivity index (χ3v) is 8.46. The van der Waals surface area contributed by atoms with Gasteiger partial charge in [0.15, 0.2) is 9.84 Å². The molecule has 0 N–H and O–H groups in total. The first-order chi connectivity index (χ1) is 11.6. The Hall–Kier alpha value is 0.170. The monoisotopic (exact) mass is 482 g/mol. The molecule has 1 unspecified atom stereocenters. The molecule has 1 aliphatic heterocycles. The van der Waals surface area contributed by atoms with Crippen molar-refractivity contribution in [2.75, 3.05) is 31.9 Å². The van der Waals surface area contributed by atoms with Gasteiger partial charge in [0, 0.05) is 40.3 Å². The minimum atomic E-state index is -3.26. The molecule has 1 aromatic rings. The van der Waals surface area contributed by atoms with Gasteiger partial charge in [-0.2, -0.15) is 0 Å². The Morgan fingerprint density at radius 1 is 1.21 bits per heavy atom. The van der Waals surface area contributed by atoms with Crippen LogP contribution >= 0.6 is 30.3 Å². The van der Waals surface area contributed by atoms with E-state index < -0.39 is 9.84 Å². The highest BCUT2D eigenvalue weighted by Gasteiger charge is 2.29. The molecule has 7 heteroatoms. The van der Waals surface area contributed by atoms with Crippen molar-refractivity contribution >= 4 is 40.2 Å². The highest BCUT2D eigenvalue weighted by Crippen LogP contribution is 2.24. The van der Waals surface area contributed by atoms with Crippen LogP contribution < -0.4 is 0 Å². The largest absolute Gasteiger partial charge is 0.298 e. The van der Waals surface area contributed by atoms with Gasteiger partial charge in [0.2, 0.25) is 0 Å². The van der Waals surface area contributed by atoms with Crippen molar-refractivity contribution < 1.29 is 8.42 Å². The normalized spacial score (nSPS) is 21.3. The van der Waals surface area contributed by atoms with Crippen LogP contribution in [0.4, 0.5) is 0 Å². The molecule has 136 valence electrons. The zero-order chi connectivity index (χ0) is 17.4. The van der Waals surface area contributed by atoms with Crippen molar-refractivity contribution in [2.45, 2.75) is 43.5 Å². The number of benzene rings is 1. The maximum absolute atomic E-state index is 12.9. The van der Waals surface area contributed by atoms with Gasteiger partial charge >= 0.3 is 0 Å². The summed E-state index contributed by atoms with van der Waals surface area (Å²) < 4.78 is 28.0. The van der Waals surface area contributed by atoms with E-state index in [1.54, 1.807) is 33.4 Å². The molecule has 1 fully saturated rings. The summed E-state index contributed by atoms with van der Waals surface area (Å²) in [5.41, 5.74) is 0. The SMILES string of the molecule is CCCCN1CCCCN(SI)CC1CS(=O)(=O)c1ccccc1. The van der Waals surface area contributed by atoms with E-state index >= 15 is 0 Å². The van der Waals surface area contributed by atoms with Gasteiger partial charge in [-0.3, -0.25) is 4.90 Å². The Kier molecular flexibility index (Phi) is 8.83. The smallest absolute Gasteiger partial charge is 0.179 e. The lowest BCUT2D eigenvalue weighted by molar-refractivity contribution is 0.165. The molecule has 0 bridgehead atoms. The highest BCUT2D eigenvalue weighted by atomic mass is 127. The summed E-state index contributed by atoms with van der Waals surface area (Å²) >= 11 is 2.31. The number of halogens is 1. The van der Waals surface area contributed by atoms with Gasteiger partial charge in [-0.05, 0) is 53.6 Å². The molecule has 0 spiro atoms. The van der Waals surface area contributed by atoms with Gasteiger partial charge in [0.1, 0.15) is 0 Å². The van der Waals surface area contributed by atoms with E-state index in [1.807, 2.05) is 6.07 Å². The number of sulfone groups is 1. The van der Waals surface area contributed by atoms with Crippen LogP contribution in [0.15, 0.2) is 35.2 Å². The lowest BCUT2D eigenvalue weighted by Crippen LogP contribution is -2.48. The van der Waals surface area contributed by atoms with Crippen LogP contribution in [0.3, 0.4) is 0 Å². The predicted molar refractivity (Wildman–Crippen MR) is 111 cm³/mol. The van der Waals surface area contributed by atoms with Crippen LogP contribution in [0.5, 0.6) is 0 Å². The van der Waals surface area contributed by atoms with E-state index in [2.05, 4.69) is 37.3 Å². The van der Waals surface area contributed by atoms with E-state index in [0.717, 1.165) is 45.4 Å². The molecular formula is C17H27IN2O2S2. The first-order valence-corrected chi connectivity index (χ1v) is 13.6. The minimum Gasteiger partial charge on any atom is -0.298 e. The standard InChI is InChI=1S/C17H27IN2O2S2/c1-2-3-11-19-12-7-8-13-20(23-18)14-16(19)15-24(21,22)17-9-5-4-6-10-17/h4-6,9-10,16H,2-3,7-8,11-15H2,1H3. The van der Waals surface area contributed by atoms with Crippen molar-refractivity contribution in [3.05, 3.63) is 30.3 Å². The molecule has 1 saturated heterocycles. The molecule has 24 heavy (non-hydrogen) atoms. The molecule has 0 saturated carbocycles. The second kappa shape index (κ2) is 10.4. The van der Waals surface area contributed by atoms with Crippen molar-refractivity contribution in [2.24, 2.45) is 0 Å². The lowest BCUT2D eigenvalue weighted by Gasteiger charge is -2.36. The summed E-state index contributed by atoms with van der Waals surface area (Å²) in [5, 5.41) is 0. The third kappa shape index (κ3) is 6.16. The second-order valence-electron chi connectivity index (χ2n) is 6.30. The van der Waals surface area contributed by atoms with Crippen LogP contribution in [-0.2, 0) is 9.84 Å². The third-order valence-electron chi connectivity index (χ3n) is 4.44. The van der Waals surface area contributed by atoms with Crippen molar-refractivity contribution in [3.8, 4) is 0 Å². The molecule has 1 atom stereocenters. The van der Waals surface area contributed by atoms with Gasteiger partial charge in [0.05, 0.1) is 10.6 Å². The van der Waals surface area contributed by atoms with Crippen molar-refractivity contribution in [3.63, 3.8) is 0 Å². The Balaban J connectivity index is 2.18. The topological polar surface area (TPSA) is 40.6 Å². The van der Waals surface area contributed by atoms with E-state index in [-0.39, 0.29) is 11.8 Å². The summed E-state index contributed by atoms with van der Waals surface area (Å²) in [4.78, 5) is 2.85. The van der Waals surface area contributed by atoms with E-state index in [9.17, 15) is 8.42 Å². The zero-order valence-corrected chi connectivity index (χ0v) is 18.0. The van der Waals surface area contributed by atoms with Crippen LogP contribution in [0.2, 0.25) is 0 Å². The number of hydrogen-bond donors (Lipinski definition) is 0. The summed E-state index contributed by atoms with van der Waals surface area (Å²) in [6, 6.07) is 8.93. The summed E-state index contributed by atoms with van der Waals surface area (Å²) in [6.45, 7) is 6.03. The molecule has 0 aromatic heterocycles. The van der Waals surface area contributed by atoms with Gasteiger partial charge in [-0.1, -0.05) is 31.5 Å². The quantitative estimate of drug-likeness (QED) is 0.434. The predicted octanol–water partition coefficient (Wildman–Crippen LogP) is 4.03. The molecule has 0 radical (unpaired) electrons. The number of nitrogens with zero attached hydrogens (tertiary/aromatic N) is 2. The molecule has 1 aromatic carbocycles. The van der Waals surface area contributed by atoms with Gasteiger partial charge in [-0.15, -0.1) is 0 Å². The van der Waals surface area contributed by atoms with E-state index in [0.29, 0.717) is 4.90 Å². The summed E-state index contributed by atoms with van der Waals surface area (Å²) in [7, 11) is -1.56. The van der Waals surface area contributed by atoms with Crippen LogP contribution in [-0.4, -0.2) is 55.6 Å². The van der Waals surface area contributed by atoms with Crippen molar-refractivity contribution in [1.82, 2.24) is 9.21 Å². The fourth-order valence-electron chi connectivity index (χ4n) is 3.08. The average molecular weight is 482 g/mol. The summed E-state index contributed by atoms with van der Waals surface area (Å²) in [6.07, 6.45) is 4.58. The van der Waals surface area contributed by atoms with Gasteiger partial charge in [0.25, 0.3) is 0 Å². The highest BCUT2D eigenvalue weighted by molar-refractivity contribution is 14.2. The minimum absolute atomic E-state index is 0.0596. The van der Waals surface area contributed by atoms with Gasteiger partial charge in [-0.25, -0.2) is 12.7 Å². The Labute approximate surface area is 163 Å². The Morgan fingerprint density at radius 3 is 2.58 bits per heavy atom. The number of hydrogen-bond acceptors (Lipinski definition) is 5. The molecule has 2 rings (SSSR count). The Morgan fingerprint density at radius 2 is 1.92 bits per heavy atom. The maximum atomic E-state index is 12.9. The number of rotatable bonds is 7. The first kappa shape index (κ1) is 20.5. The van der Waals surface area contributed by atoms with Crippen molar-refractivity contribution in [1.29, 1.82) is 0 Å². The maximum Gasteiger partial charge on any atom is 0.179 e. The summed E-state index contributed by atoms with van der Waals surface area (Å²) in [5.74, 6) is 0.203. The molecule has 0 amide bonds. The average Bonchev–Trinajstić information content (AvgIpc) is 2.57. The Bertz CT molecular complexity index is 582. The zero-order valence-electron chi connectivity index (χ0n) is 14.2. The van der Waals surface area contributed by atoms with E-state index in [1.165, 1.54) is 6.42 Å². The molecule has 1 heterocycles. The lowest BCUT2D eigenvalue weighted by atomic mass is 10.1. The fraction of sp³-hybridized carbons (Fsp3) is 0.647. The molecular weight excluding hydrogens is 455 g/mol.